The van der Waals surface area contributed by atoms with Crippen LogP contribution < -0.4 is 10.4 Å². The molecule has 5 aromatic rings. The van der Waals surface area contributed by atoms with E-state index < -0.39 is 35.4 Å². The maximum absolute atomic E-state index is 14.6. The lowest BCUT2D eigenvalue weighted by molar-refractivity contribution is -0.199. The molecule has 1 N–H and O–H groups in total. The first-order valence-corrected chi connectivity index (χ1v) is 20.8. The quantitative estimate of drug-likeness (QED) is 0.0989. The summed E-state index contributed by atoms with van der Waals surface area (Å²) in [6.07, 6.45) is 5.61. The Kier molecular flexibility index (Phi) is 11.7. The number of carbonyl (C=O) groups excluding carboxylic acids is 2. The van der Waals surface area contributed by atoms with Gasteiger partial charge in [0, 0.05) is 29.4 Å². The summed E-state index contributed by atoms with van der Waals surface area (Å²) in [4.78, 5) is 41.8. The van der Waals surface area contributed by atoms with Crippen LogP contribution in [0.4, 0.5) is 0 Å². The highest BCUT2D eigenvalue weighted by molar-refractivity contribution is 5.90. The van der Waals surface area contributed by atoms with Gasteiger partial charge in [0.15, 0.2) is 12.2 Å². The van der Waals surface area contributed by atoms with Crippen LogP contribution in [0.1, 0.15) is 98.3 Å². The molecule has 300 valence electrons. The van der Waals surface area contributed by atoms with Crippen molar-refractivity contribution in [2.45, 2.75) is 102 Å². The van der Waals surface area contributed by atoms with E-state index >= 15 is 0 Å². The summed E-state index contributed by atoms with van der Waals surface area (Å²) in [7, 11) is 0. The molecule has 0 saturated heterocycles. The molecule has 0 radical (unpaired) electrons. The Morgan fingerprint density at radius 2 is 1.50 bits per heavy atom. The van der Waals surface area contributed by atoms with E-state index in [4.69, 9.17) is 18.6 Å². The molecule has 0 amide bonds. The number of fused-ring (bicyclic) bond motifs is 13. The highest BCUT2D eigenvalue weighted by Crippen LogP contribution is 2.52. The van der Waals surface area contributed by atoms with Crippen LogP contribution in [0.2, 0.25) is 0 Å². The molecule has 4 heterocycles. The Morgan fingerprint density at radius 1 is 0.776 bits per heavy atom. The maximum atomic E-state index is 14.6. The molecule has 4 aliphatic rings. The van der Waals surface area contributed by atoms with Crippen LogP contribution in [0.5, 0.6) is 5.75 Å². The predicted octanol–water partition coefficient (Wildman–Crippen LogP) is 9.36. The predicted molar refractivity (Wildman–Crippen MR) is 223 cm³/mol. The van der Waals surface area contributed by atoms with Gasteiger partial charge in [-0.05, 0) is 123 Å². The standard InChI is InChI=1S/C50H52O8/c1-32(31-51)41-24-21-33-15-17-36(18-16-33)29-38(20-19-35-11-8-12-37(28-35)27-34-9-4-3-5-10-34)30-44(53)56-47-45-42(25-22-39-23-26-43(52)55-46(39)45)58-50(2,40-13-6-7-14-40)48(47)57-49(41)54/h3-5,8-12,15-18,22-23,25-26,28,38,40,47-48,51H,6-7,13-14,19-21,24,27,29-31H2,1-2H3. The summed E-state index contributed by atoms with van der Waals surface area (Å²) >= 11 is 0. The van der Waals surface area contributed by atoms with Crippen molar-refractivity contribution in [1.29, 1.82) is 0 Å². The Hall–Kier alpha value is -5.47. The van der Waals surface area contributed by atoms with Crippen LogP contribution in [0.15, 0.2) is 123 Å². The molecular weight excluding hydrogens is 729 g/mol. The van der Waals surface area contributed by atoms with E-state index in [-0.39, 0.29) is 30.4 Å². The van der Waals surface area contributed by atoms with E-state index in [1.54, 1.807) is 13.0 Å². The minimum Gasteiger partial charge on any atom is -0.483 e. The first kappa shape index (κ1) is 39.4. The Bertz CT molecular complexity index is 2350. The highest BCUT2D eigenvalue weighted by atomic mass is 16.6. The molecular formula is C50H52O8. The smallest absolute Gasteiger partial charge is 0.336 e. The van der Waals surface area contributed by atoms with Crippen molar-refractivity contribution in [3.8, 4) is 5.75 Å². The van der Waals surface area contributed by atoms with Gasteiger partial charge in [-0.3, -0.25) is 4.79 Å². The SMILES string of the molecule is CC(CO)=C1CCc2ccc(cc2)CC(CCc2cccc(Cc3ccccc3)c2)CC(=O)OC2c3c(ccc4ccc(=O)oc34)OC(C)(C3CCCC3)C2OC1=O. The van der Waals surface area contributed by atoms with Gasteiger partial charge in [0.25, 0.3) is 0 Å². The lowest BCUT2D eigenvalue weighted by Gasteiger charge is -2.48. The molecule has 3 aliphatic heterocycles. The van der Waals surface area contributed by atoms with E-state index in [0.29, 0.717) is 47.1 Å². The number of aliphatic hydroxyl groups excluding tert-OH is 1. The number of hydrogen-bond donors (Lipinski definition) is 1. The average molecular weight is 781 g/mol. The fourth-order valence-corrected chi connectivity index (χ4v) is 9.37. The van der Waals surface area contributed by atoms with Gasteiger partial charge >= 0.3 is 17.6 Å². The van der Waals surface area contributed by atoms with Gasteiger partial charge in [0.2, 0.25) is 0 Å². The van der Waals surface area contributed by atoms with Gasteiger partial charge in [-0.25, -0.2) is 9.59 Å². The van der Waals surface area contributed by atoms with E-state index in [2.05, 4.69) is 72.8 Å². The lowest BCUT2D eigenvalue weighted by Crippen LogP contribution is -2.58. The van der Waals surface area contributed by atoms with Crippen molar-refractivity contribution in [2.75, 3.05) is 6.61 Å². The molecule has 1 saturated carbocycles. The summed E-state index contributed by atoms with van der Waals surface area (Å²) in [5.74, 6) is -0.649. The van der Waals surface area contributed by atoms with Gasteiger partial charge in [-0.1, -0.05) is 91.7 Å². The molecule has 0 spiro atoms. The van der Waals surface area contributed by atoms with Crippen LogP contribution in [-0.4, -0.2) is 35.4 Å². The number of benzene rings is 4. The summed E-state index contributed by atoms with van der Waals surface area (Å²) in [6, 6.07) is 34.2. The first-order chi connectivity index (χ1) is 28.2. The van der Waals surface area contributed by atoms with Gasteiger partial charge in [-0.2, -0.15) is 0 Å². The van der Waals surface area contributed by atoms with Crippen LogP contribution in [0, 0.1) is 11.8 Å². The topological polar surface area (TPSA) is 112 Å². The second-order valence-corrected chi connectivity index (χ2v) is 16.7. The summed E-state index contributed by atoms with van der Waals surface area (Å²) in [5.41, 5.74) is 5.76. The second-order valence-electron chi connectivity index (χ2n) is 16.7. The molecule has 4 atom stereocenters. The van der Waals surface area contributed by atoms with Crippen LogP contribution in [0.3, 0.4) is 0 Å². The molecule has 8 heteroatoms. The largest absolute Gasteiger partial charge is 0.483 e. The van der Waals surface area contributed by atoms with E-state index in [1.165, 1.54) is 22.8 Å². The van der Waals surface area contributed by atoms with E-state index in [9.17, 15) is 19.5 Å². The third-order valence-corrected chi connectivity index (χ3v) is 12.6. The van der Waals surface area contributed by atoms with Crippen molar-refractivity contribution in [2.24, 2.45) is 11.8 Å². The summed E-state index contributed by atoms with van der Waals surface area (Å²) in [5, 5.41) is 10.9. The zero-order valence-corrected chi connectivity index (χ0v) is 33.4. The summed E-state index contributed by atoms with van der Waals surface area (Å²) in [6.45, 7) is 3.38. The number of ether oxygens (including phenoxy) is 3. The molecule has 4 aromatic carbocycles. The second kappa shape index (κ2) is 17.2. The average Bonchev–Trinajstić information content (AvgIpc) is 3.78. The third-order valence-electron chi connectivity index (χ3n) is 12.6. The number of aliphatic hydroxyl groups is 1. The van der Waals surface area contributed by atoms with Gasteiger partial charge in [-0.15, -0.1) is 0 Å². The van der Waals surface area contributed by atoms with Crippen molar-refractivity contribution >= 4 is 22.9 Å². The molecule has 1 aromatic heterocycles. The molecule has 2 bridgehead atoms. The molecule has 4 unspecified atom stereocenters. The number of carbonyl (C=O) groups is 2. The number of hydrogen-bond acceptors (Lipinski definition) is 8. The molecule has 1 fully saturated rings. The number of aryl methyl sites for hydroxylation is 2. The zero-order chi connectivity index (χ0) is 40.2. The Balaban J connectivity index is 1.18. The monoisotopic (exact) mass is 780 g/mol. The molecule has 8 nitrogen and oxygen atoms in total. The first-order valence-electron chi connectivity index (χ1n) is 20.8. The van der Waals surface area contributed by atoms with Crippen molar-refractivity contribution < 1.29 is 33.3 Å². The minimum absolute atomic E-state index is 0.00142. The highest BCUT2D eigenvalue weighted by Gasteiger charge is 2.56. The molecule has 9 rings (SSSR count). The molecule has 58 heavy (non-hydrogen) atoms. The Labute approximate surface area is 339 Å². The minimum atomic E-state index is -1.13. The van der Waals surface area contributed by atoms with Crippen molar-refractivity contribution in [1.82, 2.24) is 0 Å². The van der Waals surface area contributed by atoms with Crippen LogP contribution in [-0.2, 0) is 44.7 Å². The third kappa shape index (κ3) is 8.53. The zero-order valence-electron chi connectivity index (χ0n) is 33.4. The fraction of sp³-hybridized carbons (Fsp3) is 0.380. The van der Waals surface area contributed by atoms with Gasteiger partial charge < -0.3 is 23.7 Å². The normalized spacial score (nSPS) is 23.7. The van der Waals surface area contributed by atoms with Gasteiger partial charge in [0.1, 0.15) is 16.9 Å². The van der Waals surface area contributed by atoms with E-state index in [1.807, 2.05) is 25.1 Å². The maximum Gasteiger partial charge on any atom is 0.336 e. The van der Waals surface area contributed by atoms with Crippen molar-refractivity contribution in [3.05, 3.63) is 158 Å². The van der Waals surface area contributed by atoms with E-state index in [0.717, 1.165) is 56.1 Å². The molecule has 1 aliphatic carbocycles. The van der Waals surface area contributed by atoms with Crippen LogP contribution >= 0.6 is 0 Å². The lowest BCUT2D eigenvalue weighted by atomic mass is 9.76. The number of rotatable bonds is 7. The summed E-state index contributed by atoms with van der Waals surface area (Å²) < 4.78 is 26.0. The van der Waals surface area contributed by atoms with Crippen LogP contribution in [0.25, 0.3) is 11.0 Å². The number of esters is 2. The van der Waals surface area contributed by atoms with Gasteiger partial charge in [0.05, 0.1) is 12.2 Å². The Morgan fingerprint density at radius 3 is 2.28 bits per heavy atom. The fourth-order valence-electron chi connectivity index (χ4n) is 9.37. The van der Waals surface area contributed by atoms with Crippen molar-refractivity contribution in [3.63, 3.8) is 0 Å².